The lowest BCUT2D eigenvalue weighted by atomic mass is 10.1. The average molecular weight is 443 g/mol. The fourth-order valence-corrected chi connectivity index (χ4v) is 2.62. The molecule has 0 aliphatic heterocycles. The van der Waals surface area contributed by atoms with Gasteiger partial charge in [0.05, 0.1) is 16.3 Å². The van der Waals surface area contributed by atoms with E-state index in [4.69, 9.17) is 11.6 Å². The molecule has 2 aromatic carbocycles. The van der Waals surface area contributed by atoms with Gasteiger partial charge >= 0.3 is 12.1 Å². The summed E-state index contributed by atoms with van der Waals surface area (Å²) in [5.74, 6) is -2.45. The second-order valence-electron chi connectivity index (χ2n) is 6.35. The summed E-state index contributed by atoms with van der Waals surface area (Å²) in [6.07, 6.45) is -4.73. The Labute approximate surface area is 175 Å². The third-order valence-corrected chi connectivity index (χ3v) is 4.43. The summed E-state index contributed by atoms with van der Waals surface area (Å²) < 4.78 is 43.7. The Kier molecular flexibility index (Phi) is 7.44. The molecule has 0 saturated heterocycles. The number of nitrogens with one attached hydrogen (secondary N) is 2. The number of esters is 1. The summed E-state index contributed by atoms with van der Waals surface area (Å²) >= 11 is 5.74. The highest BCUT2D eigenvalue weighted by atomic mass is 35.5. The highest BCUT2D eigenvalue weighted by Crippen LogP contribution is 2.38. The minimum absolute atomic E-state index is 0.315. The van der Waals surface area contributed by atoms with Crippen LogP contribution in [0.15, 0.2) is 36.4 Å². The van der Waals surface area contributed by atoms with Crippen molar-refractivity contribution in [2.45, 2.75) is 20.0 Å². The second-order valence-corrected chi connectivity index (χ2v) is 6.76. The zero-order valence-corrected chi connectivity index (χ0v) is 16.8. The van der Waals surface area contributed by atoms with Gasteiger partial charge in [0, 0.05) is 5.56 Å². The Morgan fingerprint density at radius 1 is 1.07 bits per heavy atom. The van der Waals surface area contributed by atoms with Crippen LogP contribution in [-0.4, -0.2) is 30.9 Å². The summed E-state index contributed by atoms with van der Waals surface area (Å²) in [4.78, 5) is 35.6. The van der Waals surface area contributed by atoms with Crippen molar-refractivity contribution in [2.75, 3.05) is 18.5 Å². The minimum atomic E-state index is -4.73. The van der Waals surface area contributed by atoms with E-state index in [-0.39, 0.29) is 5.02 Å². The smallest absolute Gasteiger partial charge is 0.418 e. The predicted octanol–water partition coefficient (Wildman–Crippen LogP) is 3.89. The highest BCUT2D eigenvalue weighted by Gasteiger charge is 2.34. The molecule has 2 aromatic rings. The van der Waals surface area contributed by atoms with Gasteiger partial charge in [0.25, 0.3) is 11.8 Å². The predicted molar refractivity (Wildman–Crippen MR) is 104 cm³/mol. The number of hydrogen-bond acceptors (Lipinski definition) is 4. The van der Waals surface area contributed by atoms with Crippen LogP contribution < -0.4 is 10.6 Å². The van der Waals surface area contributed by atoms with Crippen LogP contribution in [0, 0.1) is 13.8 Å². The molecule has 0 aliphatic carbocycles. The van der Waals surface area contributed by atoms with Crippen LogP contribution in [0.5, 0.6) is 0 Å². The number of carbonyl (C=O) groups is 3. The largest absolute Gasteiger partial charge is 0.454 e. The van der Waals surface area contributed by atoms with E-state index < -0.39 is 48.4 Å². The number of carbonyl (C=O) groups excluding carboxylic acids is 3. The van der Waals surface area contributed by atoms with E-state index in [2.05, 4.69) is 10.1 Å². The Morgan fingerprint density at radius 3 is 2.40 bits per heavy atom. The lowest BCUT2D eigenvalue weighted by Crippen LogP contribution is -2.32. The molecule has 2 amide bonds. The van der Waals surface area contributed by atoms with Gasteiger partial charge in [-0.15, -0.1) is 0 Å². The number of alkyl halides is 3. The van der Waals surface area contributed by atoms with Gasteiger partial charge in [-0.05, 0) is 49.2 Å². The topological polar surface area (TPSA) is 84.5 Å². The first-order chi connectivity index (χ1) is 14.0. The summed E-state index contributed by atoms with van der Waals surface area (Å²) in [5.41, 5.74) is 0.497. The molecule has 10 heteroatoms. The van der Waals surface area contributed by atoms with Crippen LogP contribution in [0.2, 0.25) is 5.02 Å². The van der Waals surface area contributed by atoms with Crippen molar-refractivity contribution in [1.82, 2.24) is 5.32 Å². The Bertz CT molecular complexity index is 977. The standard InChI is InChI=1S/C20H18ClF3N2O4/c1-11-6-7-13(8-12(11)2)19(29)25-9-17(28)30-10-16(27)26-18-14(20(22,23)24)4-3-5-15(18)21/h3-8H,9-10H2,1-2H3,(H,25,29)(H,26,27). The first-order valence-corrected chi connectivity index (χ1v) is 9.03. The molecule has 160 valence electrons. The molecule has 0 fully saturated rings. The number of aryl methyl sites for hydroxylation is 2. The third kappa shape index (κ3) is 6.21. The van der Waals surface area contributed by atoms with Crippen molar-refractivity contribution in [3.05, 3.63) is 63.7 Å². The van der Waals surface area contributed by atoms with Gasteiger partial charge in [-0.1, -0.05) is 23.7 Å². The van der Waals surface area contributed by atoms with Crippen LogP contribution in [-0.2, 0) is 20.5 Å². The van der Waals surface area contributed by atoms with E-state index in [0.717, 1.165) is 23.3 Å². The molecule has 30 heavy (non-hydrogen) atoms. The van der Waals surface area contributed by atoms with Crippen LogP contribution in [0.4, 0.5) is 18.9 Å². The molecule has 2 N–H and O–H groups in total. The minimum Gasteiger partial charge on any atom is -0.454 e. The third-order valence-electron chi connectivity index (χ3n) is 4.11. The Balaban J connectivity index is 1.87. The lowest BCUT2D eigenvalue weighted by Gasteiger charge is -2.15. The zero-order valence-electron chi connectivity index (χ0n) is 16.0. The van der Waals surface area contributed by atoms with Crippen molar-refractivity contribution in [3.8, 4) is 0 Å². The molecule has 2 rings (SSSR count). The van der Waals surface area contributed by atoms with Crippen molar-refractivity contribution < 1.29 is 32.3 Å². The number of amides is 2. The first-order valence-electron chi connectivity index (χ1n) is 8.65. The zero-order chi connectivity index (χ0) is 22.5. The molecule has 0 heterocycles. The molecule has 0 aliphatic rings. The number of halogens is 4. The van der Waals surface area contributed by atoms with E-state index in [0.29, 0.717) is 5.56 Å². The molecular formula is C20H18ClF3N2O4. The molecule has 0 aromatic heterocycles. The van der Waals surface area contributed by atoms with Gasteiger partial charge in [0.1, 0.15) is 6.54 Å². The first kappa shape index (κ1) is 23.2. The van der Waals surface area contributed by atoms with E-state index in [9.17, 15) is 27.6 Å². The van der Waals surface area contributed by atoms with E-state index in [1.54, 1.807) is 18.2 Å². The highest BCUT2D eigenvalue weighted by molar-refractivity contribution is 6.34. The number of hydrogen-bond donors (Lipinski definition) is 2. The van der Waals surface area contributed by atoms with Gasteiger partial charge in [-0.25, -0.2) is 0 Å². The summed E-state index contributed by atoms with van der Waals surface area (Å²) in [6.45, 7) is 2.36. The van der Waals surface area contributed by atoms with Gasteiger partial charge in [0.15, 0.2) is 6.61 Å². The number of para-hydroxylation sites is 1. The average Bonchev–Trinajstić information content (AvgIpc) is 2.67. The lowest BCUT2D eigenvalue weighted by molar-refractivity contribution is -0.146. The number of ether oxygens (including phenoxy) is 1. The van der Waals surface area contributed by atoms with Gasteiger partial charge in [-0.2, -0.15) is 13.2 Å². The number of benzene rings is 2. The van der Waals surface area contributed by atoms with Gasteiger partial charge < -0.3 is 15.4 Å². The second kappa shape index (κ2) is 9.62. The van der Waals surface area contributed by atoms with E-state index >= 15 is 0 Å². The number of rotatable bonds is 6. The quantitative estimate of drug-likeness (QED) is 0.665. The van der Waals surface area contributed by atoms with Crippen LogP contribution in [0.1, 0.15) is 27.0 Å². The van der Waals surface area contributed by atoms with Gasteiger partial charge in [-0.3, -0.25) is 14.4 Å². The van der Waals surface area contributed by atoms with Crippen molar-refractivity contribution in [2.24, 2.45) is 0 Å². The van der Waals surface area contributed by atoms with Crippen molar-refractivity contribution in [3.63, 3.8) is 0 Å². The van der Waals surface area contributed by atoms with Crippen molar-refractivity contribution >= 4 is 35.1 Å². The molecule has 0 saturated carbocycles. The Hall–Kier alpha value is -3.07. The summed E-state index contributed by atoms with van der Waals surface area (Å²) in [6, 6.07) is 8.05. The summed E-state index contributed by atoms with van der Waals surface area (Å²) in [7, 11) is 0. The van der Waals surface area contributed by atoms with Gasteiger partial charge in [0.2, 0.25) is 0 Å². The van der Waals surface area contributed by atoms with Crippen molar-refractivity contribution in [1.29, 1.82) is 0 Å². The van der Waals surface area contributed by atoms with E-state index in [1.807, 2.05) is 19.2 Å². The van der Waals surface area contributed by atoms with Crippen LogP contribution >= 0.6 is 11.6 Å². The molecule has 0 bridgehead atoms. The maximum Gasteiger partial charge on any atom is 0.418 e. The summed E-state index contributed by atoms with van der Waals surface area (Å²) in [5, 5.41) is 4.01. The monoisotopic (exact) mass is 442 g/mol. The van der Waals surface area contributed by atoms with E-state index in [1.165, 1.54) is 6.07 Å². The molecule has 0 unspecified atom stereocenters. The molecule has 6 nitrogen and oxygen atoms in total. The molecule has 0 atom stereocenters. The number of anilines is 1. The SMILES string of the molecule is Cc1ccc(C(=O)NCC(=O)OCC(=O)Nc2c(Cl)cccc2C(F)(F)F)cc1C. The maximum atomic E-state index is 13.0. The fourth-order valence-electron chi connectivity index (χ4n) is 2.40. The normalized spacial score (nSPS) is 11.0. The van der Waals surface area contributed by atoms with Crippen LogP contribution in [0.25, 0.3) is 0 Å². The fraction of sp³-hybridized carbons (Fsp3) is 0.250. The molecule has 0 radical (unpaired) electrons. The maximum absolute atomic E-state index is 13.0. The molecule has 0 spiro atoms. The molecular weight excluding hydrogens is 425 g/mol. The van der Waals surface area contributed by atoms with Crippen LogP contribution in [0.3, 0.4) is 0 Å². The Morgan fingerprint density at radius 2 is 1.77 bits per heavy atom.